The molecule has 0 radical (unpaired) electrons. The first kappa shape index (κ1) is 11.6. The summed E-state index contributed by atoms with van der Waals surface area (Å²) < 4.78 is 0. The van der Waals surface area contributed by atoms with E-state index >= 15 is 0 Å². The van der Waals surface area contributed by atoms with E-state index < -0.39 is 0 Å². The topological polar surface area (TPSA) is 32.3 Å². The summed E-state index contributed by atoms with van der Waals surface area (Å²) >= 11 is 0. The Morgan fingerprint density at radius 2 is 2.00 bits per heavy atom. The maximum atomic E-state index is 11.4. The summed E-state index contributed by atoms with van der Waals surface area (Å²) in [4.78, 5) is 11.4. The molecule has 3 heteroatoms. The fourth-order valence-corrected chi connectivity index (χ4v) is 1.30. The van der Waals surface area contributed by atoms with Gasteiger partial charge >= 0.3 is 0 Å². The fraction of sp³-hybridized carbons (Fsp3) is 0.417. The van der Waals surface area contributed by atoms with E-state index in [1.54, 1.807) is 5.01 Å². The first-order valence-corrected chi connectivity index (χ1v) is 5.32. The van der Waals surface area contributed by atoms with E-state index in [0.717, 1.165) is 18.5 Å². The van der Waals surface area contributed by atoms with Crippen molar-refractivity contribution < 1.29 is 4.79 Å². The van der Waals surface area contributed by atoms with Gasteiger partial charge in [-0.1, -0.05) is 31.5 Å². The van der Waals surface area contributed by atoms with Gasteiger partial charge in [0.15, 0.2) is 0 Å². The van der Waals surface area contributed by atoms with Crippen molar-refractivity contribution in [1.29, 1.82) is 0 Å². The summed E-state index contributed by atoms with van der Waals surface area (Å²) in [6.07, 6.45) is 2.57. The Kier molecular flexibility index (Phi) is 4.68. The lowest BCUT2D eigenvalue weighted by atomic mass is 10.2. The molecule has 82 valence electrons. The van der Waals surface area contributed by atoms with Crippen molar-refractivity contribution >= 4 is 11.6 Å². The van der Waals surface area contributed by atoms with Crippen LogP contribution in [-0.2, 0) is 4.79 Å². The van der Waals surface area contributed by atoms with E-state index in [4.69, 9.17) is 0 Å². The number of amides is 1. The Labute approximate surface area is 91.1 Å². The average molecular weight is 206 g/mol. The molecule has 1 amide bonds. The maximum absolute atomic E-state index is 11.4. The molecule has 0 aliphatic carbocycles. The van der Waals surface area contributed by atoms with Crippen LogP contribution >= 0.6 is 0 Å². The second kappa shape index (κ2) is 6.06. The fourth-order valence-electron chi connectivity index (χ4n) is 1.30. The molecule has 3 nitrogen and oxygen atoms in total. The first-order valence-electron chi connectivity index (χ1n) is 5.32. The van der Waals surface area contributed by atoms with Crippen molar-refractivity contribution in [2.24, 2.45) is 0 Å². The van der Waals surface area contributed by atoms with Gasteiger partial charge in [-0.2, -0.15) is 0 Å². The van der Waals surface area contributed by atoms with Crippen LogP contribution in [0.2, 0.25) is 0 Å². The molecular formula is C12H18N2O. The van der Waals surface area contributed by atoms with Crippen LogP contribution in [0.4, 0.5) is 5.69 Å². The van der Waals surface area contributed by atoms with Gasteiger partial charge < -0.3 is 0 Å². The van der Waals surface area contributed by atoms with E-state index in [1.165, 1.54) is 0 Å². The molecule has 0 bridgehead atoms. The number of nitrogens with one attached hydrogen (secondary N) is 1. The molecule has 15 heavy (non-hydrogen) atoms. The number of hydrogen-bond acceptors (Lipinski definition) is 2. The van der Waals surface area contributed by atoms with Crippen molar-refractivity contribution in [3.63, 3.8) is 0 Å². The highest BCUT2D eigenvalue weighted by Crippen LogP contribution is 2.08. The minimum Gasteiger partial charge on any atom is -0.289 e. The summed E-state index contributed by atoms with van der Waals surface area (Å²) in [7, 11) is 1.85. The normalized spacial score (nSPS) is 9.73. The molecule has 0 spiro atoms. The molecule has 0 saturated carbocycles. The van der Waals surface area contributed by atoms with Gasteiger partial charge in [0.25, 0.3) is 0 Å². The van der Waals surface area contributed by atoms with Crippen LogP contribution in [0.25, 0.3) is 0 Å². The Morgan fingerprint density at radius 1 is 1.33 bits per heavy atom. The first-order chi connectivity index (χ1) is 7.24. The molecule has 0 aliphatic rings. The predicted molar refractivity (Wildman–Crippen MR) is 62.5 cm³/mol. The van der Waals surface area contributed by atoms with Crippen LogP contribution in [0, 0.1) is 0 Å². The van der Waals surface area contributed by atoms with E-state index in [2.05, 4.69) is 12.3 Å². The molecule has 1 N–H and O–H groups in total. The molecule has 0 fully saturated rings. The van der Waals surface area contributed by atoms with Gasteiger partial charge in [-0.15, -0.1) is 0 Å². The number of benzene rings is 1. The lowest BCUT2D eigenvalue weighted by Crippen LogP contribution is -2.39. The van der Waals surface area contributed by atoms with Crippen LogP contribution in [0.15, 0.2) is 30.3 Å². The molecule has 0 heterocycles. The number of para-hydroxylation sites is 1. The van der Waals surface area contributed by atoms with Gasteiger partial charge in [0.2, 0.25) is 5.91 Å². The Bertz CT molecular complexity index is 298. The smallest absolute Gasteiger partial charge is 0.238 e. The number of hydrazine groups is 1. The van der Waals surface area contributed by atoms with E-state index in [9.17, 15) is 4.79 Å². The molecule has 0 aliphatic heterocycles. The number of carbonyl (C=O) groups is 1. The van der Waals surface area contributed by atoms with Gasteiger partial charge in [0.1, 0.15) is 0 Å². The minimum absolute atomic E-state index is 0.0724. The Balaban J connectivity index is 2.42. The molecule has 0 aromatic heterocycles. The zero-order chi connectivity index (χ0) is 11.1. The molecule has 0 saturated heterocycles. The standard InChI is InChI=1S/C12H18N2O/c1-3-4-10-12(15)13-14(2)11-8-6-5-7-9-11/h5-9H,3-4,10H2,1-2H3,(H,13,15). The molecule has 1 rings (SSSR count). The highest BCUT2D eigenvalue weighted by Gasteiger charge is 2.04. The van der Waals surface area contributed by atoms with Gasteiger partial charge in [0.05, 0.1) is 5.69 Å². The summed E-state index contributed by atoms with van der Waals surface area (Å²) in [5.41, 5.74) is 3.81. The monoisotopic (exact) mass is 206 g/mol. The second-order valence-electron chi connectivity index (χ2n) is 3.53. The molecule has 1 aromatic rings. The lowest BCUT2D eigenvalue weighted by Gasteiger charge is -2.20. The zero-order valence-corrected chi connectivity index (χ0v) is 9.36. The molecular weight excluding hydrogens is 188 g/mol. The van der Waals surface area contributed by atoms with Crippen molar-refractivity contribution in [2.75, 3.05) is 12.1 Å². The third-order valence-electron chi connectivity index (χ3n) is 2.19. The van der Waals surface area contributed by atoms with E-state index in [0.29, 0.717) is 6.42 Å². The minimum atomic E-state index is 0.0724. The van der Waals surface area contributed by atoms with E-state index in [1.807, 2.05) is 37.4 Å². The number of unbranched alkanes of at least 4 members (excludes halogenated alkanes) is 1. The maximum Gasteiger partial charge on any atom is 0.238 e. The van der Waals surface area contributed by atoms with Crippen LogP contribution in [0.3, 0.4) is 0 Å². The zero-order valence-electron chi connectivity index (χ0n) is 9.36. The van der Waals surface area contributed by atoms with Gasteiger partial charge in [-0.25, -0.2) is 0 Å². The molecule has 0 unspecified atom stereocenters. The molecule has 1 aromatic carbocycles. The third kappa shape index (κ3) is 4.02. The highest BCUT2D eigenvalue weighted by molar-refractivity contribution is 5.77. The molecule has 0 atom stereocenters. The summed E-state index contributed by atoms with van der Waals surface area (Å²) in [6, 6.07) is 9.77. The number of carbonyl (C=O) groups excluding carboxylic acids is 1. The quantitative estimate of drug-likeness (QED) is 0.750. The van der Waals surface area contributed by atoms with Crippen LogP contribution < -0.4 is 10.4 Å². The Hall–Kier alpha value is -1.51. The van der Waals surface area contributed by atoms with Crippen molar-refractivity contribution in [3.05, 3.63) is 30.3 Å². The number of anilines is 1. The van der Waals surface area contributed by atoms with Crippen LogP contribution in [0.1, 0.15) is 26.2 Å². The van der Waals surface area contributed by atoms with Crippen molar-refractivity contribution in [1.82, 2.24) is 5.43 Å². The predicted octanol–water partition coefficient (Wildman–Crippen LogP) is 2.34. The van der Waals surface area contributed by atoms with Gasteiger partial charge in [-0.3, -0.25) is 15.2 Å². The third-order valence-corrected chi connectivity index (χ3v) is 2.19. The SMILES string of the molecule is CCCCC(=O)NN(C)c1ccccc1. The van der Waals surface area contributed by atoms with Gasteiger partial charge in [-0.05, 0) is 18.6 Å². The van der Waals surface area contributed by atoms with E-state index in [-0.39, 0.29) is 5.91 Å². The number of rotatable bonds is 5. The number of nitrogens with zero attached hydrogens (tertiary/aromatic N) is 1. The summed E-state index contributed by atoms with van der Waals surface area (Å²) in [6.45, 7) is 2.08. The van der Waals surface area contributed by atoms with Gasteiger partial charge in [0, 0.05) is 13.5 Å². The van der Waals surface area contributed by atoms with Crippen LogP contribution in [0.5, 0.6) is 0 Å². The van der Waals surface area contributed by atoms with Crippen LogP contribution in [-0.4, -0.2) is 13.0 Å². The second-order valence-corrected chi connectivity index (χ2v) is 3.53. The summed E-state index contributed by atoms with van der Waals surface area (Å²) in [5.74, 6) is 0.0724. The number of hydrogen-bond donors (Lipinski definition) is 1. The van der Waals surface area contributed by atoms with Crippen molar-refractivity contribution in [2.45, 2.75) is 26.2 Å². The highest BCUT2D eigenvalue weighted by atomic mass is 16.2. The lowest BCUT2D eigenvalue weighted by molar-refractivity contribution is -0.121. The average Bonchev–Trinajstić information content (AvgIpc) is 2.27. The largest absolute Gasteiger partial charge is 0.289 e. The summed E-state index contributed by atoms with van der Waals surface area (Å²) in [5, 5.41) is 1.75. The Morgan fingerprint density at radius 3 is 2.60 bits per heavy atom. The van der Waals surface area contributed by atoms with Crippen molar-refractivity contribution in [3.8, 4) is 0 Å².